The van der Waals surface area contributed by atoms with Gasteiger partial charge in [-0.1, -0.05) is 12.1 Å². The second-order valence-electron chi connectivity index (χ2n) is 6.37. The third-order valence-electron chi connectivity index (χ3n) is 4.38. The molecule has 5 nitrogen and oxygen atoms in total. The summed E-state index contributed by atoms with van der Waals surface area (Å²) in [6.07, 6.45) is 0. The van der Waals surface area contributed by atoms with Crippen molar-refractivity contribution < 1.29 is 4.79 Å². The van der Waals surface area contributed by atoms with Crippen LogP contribution in [0, 0.1) is 13.8 Å². The number of amides is 1. The number of thioether (sulfide) groups is 2. The number of benzene rings is 1. The van der Waals surface area contributed by atoms with Gasteiger partial charge in [-0.2, -0.15) is 5.10 Å². The number of nitrogens with one attached hydrogen (secondary N) is 1. The summed E-state index contributed by atoms with van der Waals surface area (Å²) in [5.74, 6) is 2.24. The average molecular weight is 385 g/mol. The maximum absolute atomic E-state index is 13.0. The van der Waals surface area contributed by atoms with Crippen molar-refractivity contribution in [2.24, 2.45) is 7.05 Å². The standard InChI is InChI=1S/C19H20N4OS2/c1-11-9-15(16-12(2)22-23(3)17(16)20-11)18(24)21-14-6-4-5-13(10-14)19-25-7-8-26-19/h4-6,9-10,19H,7-8H2,1-3H3,(H,21,24). The van der Waals surface area contributed by atoms with Crippen LogP contribution in [0.25, 0.3) is 11.0 Å². The molecule has 7 heteroatoms. The Bertz CT molecular complexity index is 993. The number of pyridine rings is 1. The van der Waals surface area contributed by atoms with Crippen molar-refractivity contribution >= 4 is 46.2 Å². The zero-order chi connectivity index (χ0) is 18.3. The molecule has 1 N–H and O–H groups in total. The summed E-state index contributed by atoms with van der Waals surface area (Å²) in [6, 6.07) is 9.99. The van der Waals surface area contributed by atoms with Gasteiger partial charge in [0.1, 0.15) is 0 Å². The fraction of sp³-hybridized carbons (Fsp3) is 0.316. The maximum atomic E-state index is 13.0. The zero-order valence-electron chi connectivity index (χ0n) is 14.9. The van der Waals surface area contributed by atoms with Crippen LogP contribution in [0.15, 0.2) is 30.3 Å². The molecular formula is C19H20N4OS2. The molecule has 1 aromatic carbocycles. The van der Waals surface area contributed by atoms with Gasteiger partial charge < -0.3 is 5.32 Å². The molecule has 1 amide bonds. The van der Waals surface area contributed by atoms with E-state index in [2.05, 4.69) is 27.5 Å². The first kappa shape index (κ1) is 17.4. The molecule has 0 atom stereocenters. The Hall–Kier alpha value is -1.99. The lowest BCUT2D eigenvalue weighted by molar-refractivity contribution is 0.102. The maximum Gasteiger partial charge on any atom is 0.256 e. The summed E-state index contributed by atoms with van der Waals surface area (Å²) < 4.78 is 2.19. The number of hydrogen-bond acceptors (Lipinski definition) is 5. The smallest absolute Gasteiger partial charge is 0.256 e. The predicted molar refractivity (Wildman–Crippen MR) is 110 cm³/mol. The van der Waals surface area contributed by atoms with Gasteiger partial charge in [-0.3, -0.25) is 9.48 Å². The SMILES string of the molecule is Cc1cc(C(=O)Nc2cccc(C3SCCS3)c2)c2c(C)nn(C)c2n1. The van der Waals surface area contributed by atoms with Gasteiger partial charge in [0, 0.05) is 29.9 Å². The minimum atomic E-state index is -0.125. The van der Waals surface area contributed by atoms with E-state index < -0.39 is 0 Å². The normalized spacial score (nSPS) is 14.9. The number of carbonyl (C=O) groups is 1. The molecule has 0 saturated carbocycles. The van der Waals surface area contributed by atoms with Crippen LogP contribution in [0.4, 0.5) is 5.69 Å². The van der Waals surface area contributed by atoms with Gasteiger partial charge in [0.15, 0.2) is 5.65 Å². The Kier molecular flexibility index (Phi) is 4.67. The number of aromatic nitrogens is 3. The van der Waals surface area contributed by atoms with E-state index in [0.717, 1.165) is 28.1 Å². The van der Waals surface area contributed by atoms with Gasteiger partial charge in [0.05, 0.1) is 21.2 Å². The number of rotatable bonds is 3. The summed E-state index contributed by atoms with van der Waals surface area (Å²) in [6.45, 7) is 3.80. The minimum absolute atomic E-state index is 0.125. The second-order valence-corrected chi connectivity index (χ2v) is 9.10. The molecule has 0 bridgehead atoms. The summed E-state index contributed by atoms with van der Waals surface area (Å²) in [7, 11) is 1.85. The molecule has 0 spiro atoms. The van der Waals surface area contributed by atoms with Crippen LogP contribution in [0.2, 0.25) is 0 Å². The zero-order valence-corrected chi connectivity index (χ0v) is 16.6. The van der Waals surface area contributed by atoms with Crippen LogP contribution in [-0.4, -0.2) is 32.2 Å². The third kappa shape index (κ3) is 3.21. The molecule has 0 unspecified atom stereocenters. The molecule has 1 aliphatic rings. The number of aryl methyl sites for hydroxylation is 3. The van der Waals surface area contributed by atoms with E-state index in [-0.39, 0.29) is 5.91 Å². The molecule has 2 aromatic heterocycles. The number of carbonyl (C=O) groups excluding carboxylic acids is 1. The van der Waals surface area contributed by atoms with E-state index in [1.54, 1.807) is 4.68 Å². The first-order valence-electron chi connectivity index (χ1n) is 8.48. The van der Waals surface area contributed by atoms with Crippen molar-refractivity contribution in [2.45, 2.75) is 18.4 Å². The molecule has 4 rings (SSSR count). The Morgan fingerprint density at radius 3 is 2.77 bits per heavy atom. The lowest BCUT2D eigenvalue weighted by Gasteiger charge is -2.12. The topological polar surface area (TPSA) is 59.8 Å². The number of nitrogens with zero attached hydrogens (tertiary/aromatic N) is 3. The molecule has 134 valence electrons. The minimum Gasteiger partial charge on any atom is -0.322 e. The largest absolute Gasteiger partial charge is 0.322 e. The summed E-state index contributed by atoms with van der Waals surface area (Å²) >= 11 is 3.92. The first-order valence-corrected chi connectivity index (χ1v) is 10.6. The van der Waals surface area contributed by atoms with E-state index in [1.807, 2.05) is 62.6 Å². The van der Waals surface area contributed by atoms with Crippen molar-refractivity contribution in [3.8, 4) is 0 Å². The lowest BCUT2D eigenvalue weighted by atomic mass is 10.1. The highest BCUT2D eigenvalue weighted by atomic mass is 32.2. The molecule has 1 saturated heterocycles. The third-order valence-corrected chi connectivity index (χ3v) is 7.48. The molecule has 1 aliphatic heterocycles. The highest BCUT2D eigenvalue weighted by Gasteiger charge is 2.20. The van der Waals surface area contributed by atoms with Crippen LogP contribution >= 0.6 is 23.5 Å². The van der Waals surface area contributed by atoms with Crippen LogP contribution in [0.1, 0.15) is 31.9 Å². The molecule has 0 aliphatic carbocycles. The fourth-order valence-corrected chi connectivity index (χ4v) is 6.10. The fourth-order valence-electron chi connectivity index (χ4n) is 3.26. The van der Waals surface area contributed by atoms with E-state index in [0.29, 0.717) is 10.1 Å². The van der Waals surface area contributed by atoms with Crippen molar-refractivity contribution in [3.63, 3.8) is 0 Å². The quantitative estimate of drug-likeness (QED) is 0.729. The van der Waals surface area contributed by atoms with Gasteiger partial charge in [-0.05, 0) is 37.6 Å². The highest BCUT2D eigenvalue weighted by Crippen LogP contribution is 2.45. The number of fused-ring (bicyclic) bond motifs is 1. The van der Waals surface area contributed by atoms with Crippen molar-refractivity contribution in [1.82, 2.24) is 14.8 Å². The molecule has 0 radical (unpaired) electrons. The lowest BCUT2D eigenvalue weighted by Crippen LogP contribution is -2.13. The molecule has 26 heavy (non-hydrogen) atoms. The monoisotopic (exact) mass is 384 g/mol. The van der Waals surface area contributed by atoms with Gasteiger partial charge in [0.25, 0.3) is 5.91 Å². The predicted octanol–water partition coefficient (Wildman–Crippen LogP) is 4.32. The van der Waals surface area contributed by atoms with Crippen LogP contribution in [0.5, 0.6) is 0 Å². The van der Waals surface area contributed by atoms with Gasteiger partial charge in [0.2, 0.25) is 0 Å². The van der Waals surface area contributed by atoms with Crippen LogP contribution in [-0.2, 0) is 7.05 Å². The van der Waals surface area contributed by atoms with E-state index >= 15 is 0 Å². The molecule has 3 heterocycles. The van der Waals surface area contributed by atoms with Gasteiger partial charge in [-0.25, -0.2) is 4.98 Å². The van der Waals surface area contributed by atoms with Crippen LogP contribution in [0.3, 0.4) is 0 Å². The summed E-state index contributed by atoms with van der Waals surface area (Å²) in [5, 5.41) is 8.29. The van der Waals surface area contributed by atoms with Gasteiger partial charge >= 0.3 is 0 Å². The Morgan fingerprint density at radius 1 is 1.23 bits per heavy atom. The van der Waals surface area contributed by atoms with E-state index in [9.17, 15) is 4.79 Å². The Balaban J connectivity index is 1.67. The Morgan fingerprint density at radius 2 is 2.00 bits per heavy atom. The highest BCUT2D eigenvalue weighted by molar-refractivity contribution is 8.19. The van der Waals surface area contributed by atoms with Crippen molar-refractivity contribution in [1.29, 1.82) is 0 Å². The van der Waals surface area contributed by atoms with E-state index in [4.69, 9.17) is 0 Å². The van der Waals surface area contributed by atoms with Crippen LogP contribution < -0.4 is 5.32 Å². The second kappa shape index (κ2) is 6.96. The van der Waals surface area contributed by atoms with Crippen molar-refractivity contribution in [3.05, 3.63) is 52.8 Å². The molecule has 3 aromatic rings. The number of anilines is 1. The van der Waals surface area contributed by atoms with Crippen molar-refractivity contribution in [2.75, 3.05) is 16.8 Å². The first-order chi connectivity index (χ1) is 12.5. The molecular weight excluding hydrogens is 364 g/mol. The average Bonchev–Trinajstić information content (AvgIpc) is 3.24. The summed E-state index contributed by atoms with van der Waals surface area (Å²) in [5.41, 5.74) is 5.05. The number of hydrogen-bond donors (Lipinski definition) is 1. The Labute approximate surface area is 161 Å². The van der Waals surface area contributed by atoms with Gasteiger partial charge in [-0.15, -0.1) is 23.5 Å². The summed E-state index contributed by atoms with van der Waals surface area (Å²) in [4.78, 5) is 17.5. The molecule has 1 fully saturated rings. The van der Waals surface area contributed by atoms with E-state index in [1.165, 1.54) is 17.1 Å².